The maximum absolute atomic E-state index is 5.93. The molecule has 3 atom stereocenters. The minimum absolute atomic E-state index is 0.323. The van der Waals surface area contributed by atoms with Crippen molar-refractivity contribution >= 4 is 0 Å². The molecular weight excluding hydrogens is 228 g/mol. The number of hydrogen-bond donors (Lipinski definition) is 1. The van der Waals surface area contributed by atoms with Crippen LogP contribution in [0.2, 0.25) is 0 Å². The van der Waals surface area contributed by atoms with Gasteiger partial charge in [-0.1, -0.05) is 0 Å². The predicted molar refractivity (Wildman–Crippen MR) is 69.5 cm³/mol. The van der Waals surface area contributed by atoms with E-state index in [4.69, 9.17) is 9.15 Å². The van der Waals surface area contributed by atoms with Gasteiger partial charge in [0.15, 0.2) is 0 Å². The number of nitrogens with one attached hydrogen (secondary N) is 1. The molecule has 3 heterocycles. The Hall–Kier alpha value is -0.840. The molecule has 18 heavy (non-hydrogen) atoms. The molecule has 2 saturated heterocycles. The topological polar surface area (TPSA) is 37.6 Å². The van der Waals surface area contributed by atoms with E-state index < -0.39 is 0 Å². The van der Waals surface area contributed by atoms with Gasteiger partial charge in [0.2, 0.25) is 0 Å². The van der Waals surface area contributed by atoms with Gasteiger partial charge in [-0.25, -0.2) is 0 Å². The van der Waals surface area contributed by atoms with Crippen LogP contribution in [0.3, 0.4) is 0 Å². The van der Waals surface area contributed by atoms with Gasteiger partial charge in [0.25, 0.3) is 0 Å². The second-order valence-electron chi connectivity index (χ2n) is 5.43. The minimum atomic E-state index is 0.323. The van der Waals surface area contributed by atoms with Crippen LogP contribution in [0.25, 0.3) is 0 Å². The van der Waals surface area contributed by atoms with Gasteiger partial charge in [-0.2, -0.15) is 0 Å². The van der Waals surface area contributed by atoms with Crippen molar-refractivity contribution in [2.75, 3.05) is 26.2 Å². The zero-order valence-corrected chi connectivity index (χ0v) is 11.0. The Morgan fingerprint density at radius 2 is 2.50 bits per heavy atom. The molecule has 0 spiro atoms. The van der Waals surface area contributed by atoms with Crippen LogP contribution < -0.4 is 5.32 Å². The van der Waals surface area contributed by atoms with Gasteiger partial charge in [0.1, 0.15) is 0 Å². The quantitative estimate of drug-likeness (QED) is 0.884. The number of rotatable bonds is 4. The van der Waals surface area contributed by atoms with E-state index in [0.29, 0.717) is 18.2 Å². The fourth-order valence-corrected chi connectivity index (χ4v) is 2.96. The summed E-state index contributed by atoms with van der Waals surface area (Å²) in [6.07, 6.45) is 6.49. The molecule has 4 nitrogen and oxygen atoms in total. The van der Waals surface area contributed by atoms with Crippen LogP contribution in [-0.2, 0) is 4.74 Å². The first kappa shape index (κ1) is 12.2. The van der Waals surface area contributed by atoms with Crippen molar-refractivity contribution in [3.63, 3.8) is 0 Å². The van der Waals surface area contributed by atoms with Crippen molar-refractivity contribution in [1.82, 2.24) is 10.2 Å². The van der Waals surface area contributed by atoms with Gasteiger partial charge in [0.05, 0.1) is 25.2 Å². The van der Waals surface area contributed by atoms with Crippen LogP contribution in [0.5, 0.6) is 0 Å². The lowest BCUT2D eigenvalue weighted by molar-refractivity contribution is -0.0477. The number of fused-ring (bicyclic) bond motifs is 1. The van der Waals surface area contributed by atoms with Crippen molar-refractivity contribution in [3.05, 3.63) is 24.2 Å². The third-order valence-electron chi connectivity index (χ3n) is 4.16. The molecule has 0 radical (unpaired) electrons. The van der Waals surface area contributed by atoms with Crippen LogP contribution in [0.1, 0.15) is 31.4 Å². The molecule has 0 bridgehead atoms. The largest absolute Gasteiger partial charge is 0.472 e. The fraction of sp³-hybridized carbons (Fsp3) is 0.714. The SMILES string of the molecule is CC(NCC1CN2CCCC2CO1)c1ccoc1. The van der Waals surface area contributed by atoms with Gasteiger partial charge in [-0.05, 0) is 32.4 Å². The molecule has 100 valence electrons. The molecule has 3 unspecified atom stereocenters. The lowest BCUT2D eigenvalue weighted by Gasteiger charge is -2.35. The summed E-state index contributed by atoms with van der Waals surface area (Å²) in [6, 6.07) is 3.02. The molecule has 4 heteroatoms. The average molecular weight is 250 g/mol. The Morgan fingerprint density at radius 1 is 1.56 bits per heavy atom. The van der Waals surface area contributed by atoms with E-state index in [2.05, 4.69) is 17.1 Å². The van der Waals surface area contributed by atoms with E-state index in [0.717, 1.165) is 19.7 Å². The van der Waals surface area contributed by atoms with E-state index in [-0.39, 0.29) is 0 Å². The zero-order valence-electron chi connectivity index (χ0n) is 11.0. The van der Waals surface area contributed by atoms with Gasteiger partial charge < -0.3 is 14.5 Å². The van der Waals surface area contributed by atoms with E-state index in [1.165, 1.54) is 24.9 Å². The first-order chi connectivity index (χ1) is 8.83. The first-order valence-corrected chi connectivity index (χ1v) is 6.94. The summed E-state index contributed by atoms with van der Waals surface area (Å²) in [6.45, 7) is 6.31. The highest BCUT2D eigenvalue weighted by Gasteiger charge is 2.32. The first-order valence-electron chi connectivity index (χ1n) is 6.94. The fourth-order valence-electron chi connectivity index (χ4n) is 2.96. The minimum Gasteiger partial charge on any atom is -0.472 e. The van der Waals surface area contributed by atoms with Crippen LogP contribution in [0.15, 0.2) is 23.0 Å². The molecule has 0 aliphatic carbocycles. The summed E-state index contributed by atoms with van der Waals surface area (Å²) in [5.41, 5.74) is 1.20. The maximum atomic E-state index is 5.93. The Kier molecular flexibility index (Phi) is 3.68. The Morgan fingerprint density at radius 3 is 3.33 bits per heavy atom. The highest BCUT2D eigenvalue weighted by molar-refractivity contribution is 5.10. The third kappa shape index (κ3) is 2.60. The summed E-state index contributed by atoms with van der Waals surface area (Å²) < 4.78 is 11.0. The number of nitrogens with zero attached hydrogens (tertiary/aromatic N) is 1. The van der Waals surface area contributed by atoms with Crippen molar-refractivity contribution in [2.45, 2.75) is 38.0 Å². The van der Waals surface area contributed by atoms with E-state index in [1.807, 2.05) is 6.07 Å². The highest BCUT2D eigenvalue weighted by atomic mass is 16.5. The van der Waals surface area contributed by atoms with Crippen molar-refractivity contribution in [1.29, 1.82) is 0 Å². The van der Waals surface area contributed by atoms with Crippen molar-refractivity contribution in [3.8, 4) is 0 Å². The molecule has 0 amide bonds. The lowest BCUT2D eigenvalue weighted by Crippen LogP contribution is -2.49. The molecule has 2 aliphatic rings. The molecule has 2 fully saturated rings. The van der Waals surface area contributed by atoms with Crippen molar-refractivity contribution < 1.29 is 9.15 Å². The van der Waals surface area contributed by atoms with Gasteiger partial charge in [-0.15, -0.1) is 0 Å². The van der Waals surface area contributed by atoms with E-state index in [1.54, 1.807) is 12.5 Å². The maximum Gasteiger partial charge on any atom is 0.0950 e. The summed E-state index contributed by atoms with van der Waals surface area (Å²) in [5.74, 6) is 0. The van der Waals surface area contributed by atoms with Crippen LogP contribution >= 0.6 is 0 Å². The van der Waals surface area contributed by atoms with Gasteiger partial charge in [0, 0.05) is 30.7 Å². The molecule has 2 aliphatic heterocycles. The molecule has 3 rings (SSSR count). The Bertz CT molecular complexity index is 366. The monoisotopic (exact) mass is 250 g/mol. The van der Waals surface area contributed by atoms with Gasteiger partial charge in [-0.3, -0.25) is 4.90 Å². The number of furan rings is 1. The average Bonchev–Trinajstić information content (AvgIpc) is 3.05. The zero-order chi connectivity index (χ0) is 12.4. The number of morpholine rings is 1. The van der Waals surface area contributed by atoms with Crippen LogP contribution in [-0.4, -0.2) is 43.3 Å². The second-order valence-corrected chi connectivity index (χ2v) is 5.43. The van der Waals surface area contributed by atoms with E-state index in [9.17, 15) is 0 Å². The molecule has 0 aromatic carbocycles. The summed E-state index contributed by atoms with van der Waals surface area (Å²) in [4.78, 5) is 2.58. The van der Waals surface area contributed by atoms with E-state index >= 15 is 0 Å². The summed E-state index contributed by atoms with van der Waals surface area (Å²) >= 11 is 0. The number of hydrogen-bond acceptors (Lipinski definition) is 4. The number of ether oxygens (including phenoxy) is 1. The summed E-state index contributed by atoms with van der Waals surface area (Å²) in [5, 5.41) is 3.52. The highest BCUT2D eigenvalue weighted by Crippen LogP contribution is 2.22. The molecular formula is C14H22N2O2. The third-order valence-corrected chi connectivity index (χ3v) is 4.16. The molecule has 1 aromatic rings. The Balaban J connectivity index is 1.46. The molecule has 1 aromatic heterocycles. The van der Waals surface area contributed by atoms with Crippen molar-refractivity contribution in [2.24, 2.45) is 0 Å². The van der Waals surface area contributed by atoms with Crippen LogP contribution in [0.4, 0.5) is 0 Å². The predicted octanol–water partition coefficient (Wildman–Crippen LogP) is 1.79. The normalized spacial score (nSPS) is 30.3. The van der Waals surface area contributed by atoms with Crippen LogP contribution in [0, 0.1) is 0 Å². The van der Waals surface area contributed by atoms with Gasteiger partial charge >= 0.3 is 0 Å². The standard InChI is InChI=1S/C14H22N2O2/c1-11(12-4-6-17-9-12)15-7-14-8-16-5-2-3-13(16)10-18-14/h4,6,9,11,13-15H,2-3,5,7-8,10H2,1H3. The Labute approximate surface area is 108 Å². The second kappa shape index (κ2) is 5.43. The summed E-state index contributed by atoms with van der Waals surface area (Å²) in [7, 11) is 0. The molecule has 0 saturated carbocycles. The molecule has 1 N–H and O–H groups in total. The smallest absolute Gasteiger partial charge is 0.0950 e. The lowest BCUT2D eigenvalue weighted by atomic mass is 10.1.